The number of hydrogen-bond acceptors (Lipinski definition) is 5. The molecule has 23 heavy (non-hydrogen) atoms. The Labute approximate surface area is 142 Å². The molecule has 0 aliphatic rings. The largest absolute Gasteiger partial charge is 0.329 e. The summed E-state index contributed by atoms with van der Waals surface area (Å²) < 4.78 is 1.59. The quantitative estimate of drug-likeness (QED) is 0.581. The van der Waals surface area contributed by atoms with Gasteiger partial charge < -0.3 is 5.73 Å². The summed E-state index contributed by atoms with van der Waals surface area (Å²) in [6.45, 7) is 0.734. The number of halogens is 1. The second kappa shape index (κ2) is 6.70. The predicted molar refractivity (Wildman–Crippen MR) is 95.1 cm³/mol. The Morgan fingerprint density at radius 3 is 2.78 bits per heavy atom. The van der Waals surface area contributed by atoms with Gasteiger partial charge in [-0.3, -0.25) is 9.36 Å². The van der Waals surface area contributed by atoms with E-state index in [9.17, 15) is 4.79 Å². The summed E-state index contributed by atoms with van der Waals surface area (Å²) in [4.78, 5) is 21.6. The molecule has 0 spiro atoms. The number of nitrogens with two attached hydrogens (primary N) is 1. The van der Waals surface area contributed by atoms with E-state index in [2.05, 4.69) is 9.97 Å². The molecule has 0 fully saturated rings. The van der Waals surface area contributed by atoms with Gasteiger partial charge in [0, 0.05) is 40.8 Å². The summed E-state index contributed by atoms with van der Waals surface area (Å²) in [5.41, 5.74) is 7.34. The van der Waals surface area contributed by atoms with Crippen LogP contribution in [0.15, 0.2) is 46.5 Å². The van der Waals surface area contributed by atoms with Crippen molar-refractivity contribution < 1.29 is 0 Å². The van der Waals surface area contributed by atoms with Gasteiger partial charge in [-0.25, -0.2) is 9.97 Å². The molecule has 0 aliphatic heterocycles. The minimum Gasteiger partial charge on any atom is -0.329 e. The second-order valence-electron chi connectivity index (χ2n) is 4.92. The molecule has 0 saturated heterocycles. The molecule has 0 bridgehead atoms. The van der Waals surface area contributed by atoms with Gasteiger partial charge in [-0.2, -0.15) is 0 Å². The SMILES string of the molecule is CSc1ncc2cc(-c3ccccc3Cl)c(=O)n(CCN)c2n1. The lowest BCUT2D eigenvalue weighted by Crippen LogP contribution is -2.26. The standard InChI is InChI=1S/C16H15ClN4OS/c1-23-16-19-9-10-8-12(11-4-2-3-5-13(11)17)15(22)21(7-6-18)14(10)20-16/h2-5,8-9H,6-7,18H2,1H3. The molecule has 0 radical (unpaired) electrons. The maximum atomic E-state index is 12.9. The highest BCUT2D eigenvalue weighted by molar-refractivity contribution is 7.98. The van der Waals surface area contributed by atoms with Gasteiger partial charge >= 0.3 is 0 Å². The molecule has 3 rings (SSSR count). The molecule has 0 aliphatic carbocycles. The van der Waals surface area contributed by atoms with Gasteiger partial charge in [-0.05, 0) is 18.4 Å². The van der Waals surface area contributed by atoms with Gasteiger partial charge in [0.2, 0.25) is 0 Å². The Bertz CT molecular complexity index is 926. The lowest BCUT2D eigenvalue weighted by molar-refractivity contribution is 0.696. The fourth-order valence-corrected chi connectivity index (χ4v) is 3.02. The summed E-state index contributed by atoms with van der Waals surface area (Å²) in [6.07, 6.45) is 3.62. The summed E-state index contributed by atoms with van der Waals surface area (Å²) in [5.74, 6) is 0. The molecule has 0 unspecified atom stereocenters. The van der Waals surface area contributed by atoms with Crippen molar-refractivity contribution in [2.24, 2.45) is 5.73 Å². The summed E-state index contributed by atoms with van der Waals surface area (Å²) in [6, 6.07) is 9.07. The van der Waals surface area contributed by atoms with Gasteiger partial charge in [-0.1, -0.05) is 41.6 Å². The maximum absolute atomic E-state index is 12.9. The third-order valence-electron chi connectivity index (χ3n) is 3.50. The van der Waals surface area contributed by atoms with Crippen molar-refractivity contribution in [2.45, 2.75) is 11.7 Å². The minimum atomic E-state index is -0.151. The molecule has 3 aromatic rings. The van der Waals surface area contributed by atoms with Gasteiger partial charge in [0.25, 0.3) is 5.56 Å². The van der Waals surface area contributed by atoms with Crippen LogP contribution in [0, 0.1) is 0 Å². The Kier molecular flexibility index (Phi) is 4.66. The normalized spacial score (nSPS) is 11.1. The van der Waals surface area contributed by atoms with Crippen LogP contribution in [0.1, 0.15) is 0 Å². The predicted octanol–water partition coefficient (Wildman–Crippen LogP) is 2.79. The van der Waals surface area contributed by atoms with Crippen molar-refractivity contribution in [1.29, 1.82) is 0 Å². The van der Waals surface area contributed by atoms with E-state index < -0.39 is 0 Å². The van der Waals surface area contributed by atoms with Crippen molar-refractivity contribution in [2.75, 3.05) is 12.8 Å². The zero-order valence-corrected chi connectivity index (χ0v) is 14.1. The topological polar surface area (TPSA) is 73.8 Å². The van der Waals surface area contributed by atoms with Crippen molar-refractivity contribution in [3.8, 4) is 11.1 Å². The second-order valence-corrected chi connectivity index (χ2v) is 6.10. The van der Waals surface area contributed by atoms with E-state index in [0.29, 0.717) is 40.0 Å². The number of thioether (sulfide) groups is 1. The molecular weight excluding hydrogens is 332 g/mol. The van der Waals surface area contributed by atoms with Gasteiger partial charge in [0.15, 0.2) is 5.16 Å². The number of nitrogens with zero attached hydrogens (tertiary/aromatic N) is 3. The number of hydrogen-bond donors (Lipinski definition) is 1. The van der Waals surface area contributed by atoms with Crippen LogP contribution >= 0.6 is 23.4 Å². The van der Waals surface area contributed by atoms with Crippen LogP contribution < -0.4 is 11.3 Å². The average molecular weight is 347 g/mol. The zero-order chi connectivity index (χ0) is 16.4. The fraction of sp³-hybridized carbons (Fsp3) is 0.188. The number of fused-ring (bicyclic) bond motifs is 1. The Balaban J connectivity index is 2.35. The van der Waals surface area contributed by atoms with Crippen molar-refractivity contribution in [3.05, 3.63) is 51.9 Å². The van der Waals surface area contributed by atoms with E-state index >= 15 is 0 Å². The van der Waals surface area contributed by atoms with Gasteiger partial charge in [0.05, 0.1) is 0 Å². The monoisotopic (exact) mass is 346 g/mol. The van der Waals surface area contributed by atoms with Crippen LogP contribution in [0.4, 0.5) is 0 Å². The third kappa shape index (κ3) is 2.97. The maximum Gasteiger partial charge on any atom is 0.260 e. The summed E-state index contributed by atoms with van der Waals surface area (Å²) >= 11 is 7.68. The molecule has 5 nitrogen and oxygen atoms in total. The molecule has 2 N–H and O–H groups in total. The highest BCUT2D eigenvalue weighted by atomic mass is 35.5. The van der Waals surface area contributed by atoms with E-state index in [1.807, 2.05) is 24.5 Å². The van der Waals surface area contributed by atoms with Crippen LogP contribution in [-0.2, 0) is 6.54 Å². The number of pyridine rings is 1. The van der Waals surface area contributed by atoms with E-state index in [-0.39, 0.29) is 5.56 Å². The molecule has 2 heterocycles. The first kappa shape index (κ1) is 16.0. The van der Waals surface area contributed by atoms with Crippen molar-refractivity contribution in [1.82, 2.24) is 14.5 Å². The van der Waals surface area contributed by atoms with E-state index in [1.54, 1.807) is 22.9 Å². The molecule has 0 atom stereocenters. The van der Waals surface area contributed by atoms with Crippen molar-refractivity contribution >= 4 is 34.4 Å². The van der Waals surface area contributed by atoms with E-state index in [4.69, 9.17) is 17.3 Å². The first-order valence-corrected chi connectivity index (χ1v) is 8.65. The lowest BCUT2D eigenvalue weighted by atomic mass is 10.1. The zero-order valence-electron chi connectivity index (χ0n) is 12.5. The van der Waals surface area contributed by atoms with Crippen LogP contribution in [0.5, 0.6) is 0 Å². The molecule has 1 aromatic carbocycles. The van der Waals surface area contributed by atoms with Crippen LogP contribution in [0.25, 0.3) is 22.2 Å². The molecule has 0 saturated carbocycles. The van der Waals surface area contributed by atoms with Gasteiger partial charge in [-0.15, -0.1) is 0 Å². The number of aromatic nitrogens is 3. The average Bonchev–Trinajstić information content (AvgIpc) is 2.57. The van der Waals surface area contributed by atoms with Gasteiger partial charge in [0.1, 0.15) is 5.65 Å². The van der Waals surface area contributed by atoms with Crippen LogP contribution in [-0.4, -0.2) is 27.3 Å². The van der Waals surface area contributed by atoms with Crippen LogP contribution in [0.3, 0.4) is 0 Å². The molecular formula is C16H15ClN4OS. The molecule has 7 heteroatoms. The summed E-state index contributed by atoms with van der Waals surface area (Å²) in [7, 11) is 0. The Morgan fingerprint density at radius 1 is 1.30 bits per heavy atom. The van der Waals surface area contributed by atoms with Crippen molar-refractivity contribution in [3.63, 3.8) is 0 Å². The molecule has 2 aromatic heterocycles. The van der Waals surface area contributed by atoms with Crippen LogP contribution in [0.2, 0.25) is 5.02 Å². The van der Waals surface area contributed by atoms with E-state index in [0.717, 1.165) is 5.39 Å². The Hall–Kier alpha value is -1.89. The fourth-order valence-electron chi connectivity index (χ4n) is 2.45. The molecule has 0 amide bonds. The molecule has 118 valence electrons. The first-order chi connectivity index (χ1) is 11.2. The Morgan fingerprint density at radius 2 is 2.09 bits per heavy atom. The minimum absolute atomic E-state index is 0.151. The smallest absolute Gasteiger partial charge is 0.260 e. The third-order valence-corrected chi connectivity index (χ3v) is 4.40. The van der Waals surface area contributed by atoms with E-state index in [1.165, 1.54) is 11.8 Å². The number of benzene rings is 1. The highest BCUT2D eigenvalue weighted by Gasteiger charge is 2.14. The highest BCUT2D eigenvalue weighted by Crippen LogP contribution is 2.27. The summed E-state index contributed by atoms with van der Waals surface area (Å²) in [5, 5.41) is 1.93. The number of rotatable bonds is 4. The first-order valence-electron chi connectivity index (χ1n) is 7.05. The lowest BCUT2D eigenvalue weighted by Gasteiger charge is -2.12.